The summed E-state index contributed by atoms with van der Waals surface area (Å²) in [5.41, 5.74) is -0.593. The predicted molar refractivity (Wildman–Crippen MR) is 84.9 cm³/mol. The van der Waals surface area contributed by atoms with Gasteiger partial charge in [-0.05, 0) is 54.6 Å². The lowest BCUT2D eigenvalue weighted by atomic mass is 10.2. The molecule has 0 unspecified atom stereocenters. The van der Waals surface area contributed by atoms with E-state index in [4.69, 9.17) is 5.26 Å². The Bertz CT molecular complexity index is 904. The van der Waals surface area contributed by atoms with Crippen molar-refractivity contribution in [1.82, 2.24) is 0 Å². The summed E-state index contributed by atoms with van der Waals surface area (Å²) in [5, 5.41) is 10.5. The molecule has 126 valence electrons. The van der Waals surface area contributed by atoms with Crippen LogP contribution >= 0.6 is 11.8 Å². The van der Waals surface area contributed by atoms with Crippen molar-refractivity contribution in [2.45, 2.75) is 22.9 Å². The molecule has 0 aliphatic rings. The highest BCUT2D eigenvalue weighted by molar-refractivity contribution is 8.03. The number of alkyl halides is 3. The Morgan fingerprint density at radius 3 is 2.42 bits per heavy atom. The molecule has 0 heterocycles. The minimum absolute atomic E-state index is 0.147. The van der Waals surface area contributed by atoms with Gasteiger partial charge in [0, 0.05) is 4.90 Å². The first-order valence-corrected chi connectivity index (χ1v) is 8.81. The van der Waals surface area contributed by atoms with Crippen molar-refractivity contribution in [2.75, 3.05) is 4.72 Å². The molecule has 0 saturated carbocycles. The van der Waals surface area contributed by atoms with E-state index in [-0.39, 0.29) is 5.69 Å². The number of nitrogens with zero attached hydrogens (tertiary/aromatic N) is 1. The molecule has 0 bridgehead atoms. The average molecular weight is 372 g/mol. The Balaban J connectivity index is 2.42. The molecule has 1 N–H and O–H groups in total. The summed E-state index contributed by atoms with van der Waals surface area (Å²) in [6.45, 7) is 1.59. The van der Waals surface area contributed by atoms with E-state index in [9.17, 15) is 21.6 Å². The second-order valence-electron chi connectivity index (χ2n) is 4.77. The number of sulfonamides is 1. The van der Waals surface area contributed by atoms with Crippen LogP contribution in [0.15, 0.2) is 52.3 Å². The average Bonchev–Trinajstić information content (AvgIpc) is 2.49. The number of benzene rings is 2. The molecule has 2 aromatic rings. The molecule has 0 aromatic heterocycles. The van der Waals surface area contributed by atoms with Crippen LogP contribution in [0.2, 0.25) is 0 Å². The number of nitriles is 1. The third kappa shape index (κ3) is 4.01. The first kappa shape index (κ1) is 18.2. The summed E-state index contributed by atoms with van der Waals surface area (Å²) in [5.74, 6) is 0. The Hall–Kier alpha value is -2.18. The normalized spacial score (nSPS) is 11.8. The summed E-state index contributed by atoms with van der Waals surface area (Å²) >= 11 is 0.898. The van der Waals surface area contributed by atoms with E-state index < -0.39 is 26.7 Å². The molecule has 24 heavy (non-hydrogen) atoms. The molecule has 0 spiro atoms. The van der Waals surface area contributed by atoms with Gasteiger partial charge in [0.15, 0.2) is 0 Å². The summed E-state index contributed by atoms with van der Waals surface area (Å²) < 4.78 is 65.9. The Morgan fingerprint density at radius 1 is 1.17 bits per heavy atom. The molecule has 9 heteroatoms. The number of aryl methyl sites for hydroxylation is 1. The van der Waals surface area contributed by atoms with E-state index in [1.807, 2.05) is 5.40 Å². The molecule has 0 saturated heterocycles. The number of halogens is 3. The Morgan fingerprint density at radius 2 is 1.83 bits per heavy atom. The predicted octanol–water partition coefficient (Wildman–Crippen LogP) is 4.39. The van der Waals surface area contributed by atoms with Crippen molar-refractivity contribution < 1.29 is 21.6 Å². The van der Waals surface area contributed by atoms with E-state index in [1.54, 1.807) is 13.0 Å². The van der Waals surface area contributed by atoms with E-state index in [1.165, 1.54) is 18.2 Å². The van der Waals surface area contributed by atoms with Gasteiger partial charge in [-0.2, -0.15) is 18.4 Å². The van der Waals surface area contributed by atoms with Crippen LogP contribution < -0.4 is 4.72 Å². The number of hydrogen-bond acceptors (Lipinski definition) is 4. The van der Waals surface area contributed by atoms with Crippen LogP contribution in [0, 0.1) is 17.6 Å². The molecule has 4 nitrogen and oxygen atoms in total. The van der Waals surface area contributed by atoms with Crippen LogP contribution in [0.4, 0.5) is 18.9 Å². The molecule has 0 fully saturated rings. The molecule has 2 rings (SSSR count). The molecule has 0 atom stereocenters. The van der Waals surface area contributed by atoms with Crippen LogP contribution in [0.25, 0.3) is 0 Å². The van der Waals surface area contributed by atoms with Crippen molar-refractivity contribution in [3.8, 4) is 5.40 Å². The third-order valence-electron chi connectivity index (χ3n) is 3.09. The van der Waals surface area contributed by atoms with Crippen molar-refractivity contribution in [3.05, 3.63) is 53.6 Å². The van der Waals surface area contributed by atoms with E-state index in [0.717, 1.165) is 23.9 Å². The molecule has 0 radical (unpaired) electrons. The highest BCUT2D eigenvalue weighted by Gasteiger charge is 2.36. The number of hydrogen-bond donors (Lipinski definition) is 1. The Kier molecular flexibility index (Phi) is 5.11. The lowest BCUT2D eigenvalue weighted by molar-refractivity contribution is -0.139. The van der Waals surface area contributed by atoms with Crippen molar-refractivity contribution in [2.24, 2.45) is 0 Å². The summed E-state index contributed by atoms with van der Waals surface area (Å²) in [6, 6.07) is 8.46. The zero-order valence-electron chi connectivity index (χ0n) is 12.3. The maximum atomic E-state index is 13.0. The summed E-state index contributed by atoms with van der Waals surface area (Å²) in [7, 11) is -4.42. The minimum Gasteiger partial charge on any atom is -0.279 e. The molecular weight excluding hydrogens is 361 g/mol. The maximum absolute atomic E-state index is 13.0. The third-order valence-corrected chi connectivity index (χ3v) is 5.09. The van der Waals surface area contributed by atoms with Crippen molar-refractivity contribution in [3.63, 3.8) is 0 Å². The summed E-state index contributed by atoms with van der Waals surface area (Å²) in [4.78, 5) is -0.235. The Labute approximate surface area is 141 Å². The van der Waals surface area contributed by atoms with E-state index in [0.29, 0.717) is 16.5 Å². The van der Waals surface area contributed by atoms with Crippen molar-refractivity contribution in [1.29, 1.82) is 5.26 Å². The minimum atomic E-state index is -4.78. The van der Waals surface area contributed by atoms with Crippen molar-refractivity contribution >= 4 is 27.5 Å². The van der Waals surface area contributed by atoms with Crippen LogP contribution in [0.1, 0.15) is 11.1 Å². The molecule has 0 amide bonds. The fraction of sp³-hybridized carbons (Fsp3) is 0.133. The lowest BCUT2D eigenvalue weighted by Crippen LogP contribution is -2.19. The molecule has 0 aliphatic heterocycles. The van der Waals surface area contributed by atoms with Gasteiger partial charge in [-0.1, -0.05) is 12.1 Å². The highest BCUT2D eigenvalue weighted by atomic mass is 32.2. The van der Waals surface area contributed by atoms with Gasteiger partial charge in [-0.15, -0.1) is 0 Å². The van der Waals surface area contributed by atoms with Crippen LogP contribution in [0.3, 0.4) is 0 Å². The molecule has 0 aliphatic carbocycles. The van der Waals surface area contributed by atoms with E-state index >= 15 is 0 Å². The van der Waals surface area contributed by atoms with Gasteiger partial charge in [0.25, 0.3) is 10.0 Å². The standard InChI is InChI=1S/C15H11F3N2O2S2/c1-10-8-11(23-9-19)6-7-13(10)20-24(21,22)14-5-3-2-4-12(14)15(16,17)18/h2-8,20H,1H3. The number of anilines is 1. The van der Waals surface area contributed by atoms with Gasteiger partial charge in [0.05, 0.1) is 16.1 Å². The van der Waals surface area contributed by atoms with Gasteiger partial charge < -0.3 is 0 Å². The topological polar surface area (TPSA) is 70.0 Å². The van der Waals surface area contributed by atoms with E-state index in [2.05, 4.69) is 4.72 Å². The maximum Gasteiger partial charge on any atom is 0.417 e. The van der Waals surface area contributed by atoms with Gasteiger partial charge in [-0.25, -0.2) is 8.42 Å². The van der Waals surface area contributed by atoms with Crippen LogP contribution in [0.5, 0.6) is 0 Å². The monoisotopic (exact) mass is 372 g/mol. The fourth-order valence-electron chi connectivity index (χ4n) is 2.00. The van der Waals surface area contributed by atoms with Crippen LogP contribution in [-0.4, -0.2) is 8.42 Å². The SMILES string of the molecule is Cc1cc(SC#N)ccc1NS(=O)(=O)c1ccccc1C(F)(F)F. The number of nitrogens with one attached hydrogen (secondary N) is 1. The highest BCUT2D eigenvalue weighted by Crippen LogP contribution is 2.35. The first-order chi connectivity index (χ1) is 11.1. The van der Waals surface area contributed by atoms with Gasteiger partial charge in [0.2, 0.25) is 0 Å². The summed E-state index contributed by atoms with van der Waals surface area (Å²) in [6.07, 6.45) is -4.78. The zero-order chi connectivity index (χ0) is 18.0. The largest absolute Gasteiger partial charge is 0.417 e. The fourth-order valence-corrected chi connectivity index (χ4v) is 3.84. The second-order valence-corrected chi connectivity index (χ2v) is 7.28. The zero-order valence-corrected chi connectivity index (χ0v) is 13.9. The lowest BCUT2D eigenvalue weighted by Gasteiger charge is -2.15. The van der Waals surface area contributed by atoms with Gasteiger partial charge >= 0.3 is 6.18 Å². The molecular formula is C15H11F3N2O2S2. The smallest absolute Gasteiger partial charge is 0.279 e. The second kappa shape index (κ2) is 6.75. The number of thioether (sulfide) groups is 1. The van der Waals surface area contributed by atoms with Crippen LogP contribution in [-0.2, 0) is 16.2 Å². The van der Waals surface area contributed by atoms with Gasteiger partial charge in [0.1, 0.15) is 5.40 Å². The number of thiocyanates is 1. The number of rotatable bonds is 4. The quantitative estimate of drug-likeness (QED) is 0.638. The van der Waals surface area contributed by atoms with Gasteiger partial charge in [-0.3, -0.25) is 4.72 Å². The molecule has 2 aromatic carbocycles. The first-order valence-electron chi connectivity index (χ1n) is 6.51.